The van der Waals surface area contributed by atoms with E-state index in [-0.39, 0.29) is 0 Å². The highest BCUT2D eigenvalue weighted by molar-refractivity contribution is 5.27. The van der Waals surface area contributed by atoms with Crippen LogP contribution in [0.2, 0.25) is 0 Å². The summed E-state index contributed by atoms with van der Waals surface area (Å²) in [6.45, 7) is 8.42. The van der Waals surface area contributed by atoms with Gasteiger partial charge in [-0.3, -0.25) is 0 Å². The first kappa shape index (κ1) is 31.7. The van der Waals surface area contributed by atoms with E-state index >= 15 is 0 Å². The lowest BCUT2D eigenvalue weighted by atomic mass is 10.2. The minimum Gasteiger partial charge on any atom is -0.222 e. The zero-order chi connectivity index (χ0) is 22.8. The molecule has 0 saturated carbocycles. The van der Waals surface area contributed by atoms with Crippen molar-refractivity contribution < 1.29 is 19.2 Å². The number of benzene rings is 2. The van der Waals surface area contributed by atoms with Crippen molar-refractivity contribution >= 4 is 24.3 Å². The second kappa shape index (κ2) is 27.8. The second-order valence-electron chi connectivity index (χ2n) is 4.72. The first-order chi connectivity index (χ1) is 13.2. The topological polar surface area (TPSA) is 164 Å². The van der Waals surface area contributed by atoms with Gasteiger partial charge in [0.05, 0.1) is 0 Å². The first-order valence-electron chi connectivity index (χ1n) is 7.46. The molecule has 0 aliphatic carbocycles. The van der Waals surface area contributed by atoms with E-state index in [2.05, 4.69) is 76.2 Å². The van der Waals surface area contributed by atoms with Crippen LogP contribution in [0.15, 0.2) is 48.5 Å². The number of hydrogen-bond acceptors (Lipinski definition) is 8. The van der Waals surface area contributed by atoms with Gasteiger partial charge in [-0.05, 0) is 27.7 Å². The Kier molecular flexibility index (Phi) is 31.5. The van der Waals surface area contributed by atoms with Gasteiger partial charge in [0.15, 0.2) is 0 Å². The predicted molar refractivity (Wildman–Crippen MR) is 105 cm³/mol. The van der Waals surface area contributed by atoms with Crippen LogP contribution in [-0.2, 0) is 19.2 Å². The molecule has 0 fully saturated rings. The molecule has 2 rings (SSSR count). The summed E-state index contributed by atoms with van der Waals surface area (Å²) in [4.78, 5) is 33.4. The number of nitrogens with one attached hydrogen (secondary N) is 4. The van der Waals surface area contributed by atoms with Gasteiger partial charge >= 0.3 is 0 Å². The highest BCUT2D eigenvalue weighted by Crippen LogP contribution is 2.00. The smallest absolute Gasteiger partial charge is 0.222 e. The molecule has 0 saturated heterocycles. The number of rotatable bonds is 0. The van der Waals surface area contributed by atoms with E-state index < -0.39 is 0 Å². The lowest BCUT2D eigenvalue weighted by Crippen LogP contribution is -1.71. The van der Waals surface area contributed by atoms with Crippen LogP contribution in [0.3, 0.4) is 0 Å². The number of carbonyl (C=O) groups excluding carboxylic acids is 4. The molecule has 0 bridgehead atoms. The summed E-state index contributed by atoms with van der Waals surface area (Å²) in [5.41, 5.74) is 5.35. The third kappa shape index (κ3) is 37.9. The van der Waals surface area contributed by atoms with Crippen molar-refractivity contribution in [1.29, 1.82) is 21.6 Å². The van der Waals surface area contributed by atoms with Gasteiger partial charge in [0.25, 0.3) is 0 Å². The molecular formula is C20H24N4O4. The molecule has 0 radical (unpaired) electrons. The van der Waals surface area contributed by atoms with Crippen molar-refractivity contribution in [2.24, 2.45) is 0 Å². The van der Waals surface area contributed by atoms with Gasteiger partial charge in [0.1, 0.15) is 0 Å². The van der Waals surface area contributed by atoms with Crippen molar-refractivity contribution in [3.63, 3.8) is 0 Å². The summed E-state index contributed by atoms with van der Waals surface area (Å²) >= 11 is 0. The third-order valence-corrected chi connectivity index (χ3v) is 2.35. The van der Waals surface area contributed by atoms with Crippen LogP contribution in [0.4, 0.5) is 0 Å². The number of hydrogen-bond donors (Lipinski definition) is 4. The fraction of sp³-hybridized carbons (Fsp3) is 0.200. The van der Waals surface area contributed by atoms with Crippen LogP contribution in [-0.4, -0.2) is 24.3 Å². The number of aryl methyl sites for hydroxylation is 4. The summed E-state index contributed by atoms with van der Waals surface area (Å²) in [6, 6.07) is 16.9. The van der Waals surface area contributed by atoms with Crippen LogP contribution >= 0.6 is 0 Å². The van der Waals surface area contributed by atoms with Gasteiger partial charge in [-0.1, -0.05) is 70.8 Å². The third-order valence-electron chi connectivity index (χ3n) is 2.35. The standard InChI is InChI=1S/2C8H10.4CHNO/c2*1-7-4-3-5-8(2)6-7;4*2-1-3/h2*3-6H,1-2H3;4*2H. The molecule has 8 nitrogen and oxygen atoms in total. The van der Waals surface area contributed by atoms with Gasteiger partial charge in [-0.25, -0.2) is 40.8 Å². The van der Waals surface area contributed by atoms with Crippen molar-refractivity contribution in [2.75, 3.05) is 0 Å². The SMILES string of the molecule is Cc1cccc(C)c1.Cc1cccc(C)c1.N=C=O.N=C=O.N=C=O.N=C=O. The lowest BCUT2D eigenvalue weighted by molar-refractivity contribution is 0.562. The molecule has 0 aliphatic heterocycles. The first-order valence-corrected chi connectivity index (χ1v) is 7.46. The maximum atomic E-state index is 8.35. The normalized spacial score (nSPS) is 6.43. The molecule has 0 spiro atoms. The largest absolute Gasteiger partial charge is 0.231 e. The molecule has 148 valence electrons. The summed E-state index contributed by atoms with van der Waals surface area (Å²) in [6.07, 6.45) is 3.00. The molecule has 0 heterocycles. The maximum absolute atomic E-state index is 8.35. The van der Waals surface area contributed by atoms with Crippen LogP contribution in [0.25, 0.3) is 0 Å². The second-order valence-corrected chi connectivity index (χ2v) is 4.72. The van der Waals surface area contributed by atoms with Crippen LogP contribution in [0.1, 0.15) is 22.3 Å². The Balaban J connectivity index is -0.000000134. The van der Waals surface area contributed by atoms with Gasteiger partial charge in [0, 0.05) is 0 Å². The van der Waals surface area contributed by atoms with E-state index in [4.69, 9.17) is 40.8 Å². The highest BCUT2D eigenvalue weighted by atomic mass is 16.1. The van der Waals surface area contributed by atoms with E-state index in [0.717, 1.165) is 24.3 Å². The number of isocyanates is 4. The summed E-state index contributed by atoms with van der Waals surface area (Å²) < 4.78 is 0. The van der Waals surface area contributed by atoms with Crippen molar-refractivity contribution in [2.45, 2.75) is 27.7 Å². The Morgan fingerprint density at radius 3 is 0.714 bits per heavy atom. The molecule has 0 aromatic heterocycles. The molecule has 2 aromatic carbocycles. The molecule has 2 aromatic rings. The minimum atomic E-state index is 0.750. The zero-order valence-electron chi connectivity index (χ0n) is 16.3. The molecule has 0 unspecified atom stereocenters. The predicted octanol–water partition coefficient (Wildman–Crippen LogP) is 4.21. The van der Waals surface area contributed by atoms with Gasteiger partial charge in [-0.2, -0.15) is 0 Å². The Hall–Kier alpha value is -4.04. The minimum absolute atomic E-state index is 0.750. The van der Waals surface area contributed by atoms with Crippen molar-refractivity contribution in [3.8, 4) is 0 Å². The molecular weight excluding hydrogens is 360 g/mol. The Morgan fingerprint density at radius 1 is 0.500 bits per heavy atom. The molecule has 0 amide bonds. The van der Waals surface area contributed by atoms with E-state index in [1.165, 1.54) is 22.3 Å². The van der Waals surface area contributed by atoms with Crippen molar-refractivity contribution in [3.05, 3.63) is 70.8 Å². The highest BCUT2D eigenvalue weighted by Gasteiger charge is 1.81. The lowest BCUT2D eigenvalue weighted by Gasteiger charge is -1.90. The molecule has 28 heavy (non-hydrogen) atoms. The Bertz CT molecular complexity index is 654. The summed E-state index contributed by atoms with van der Waals surface area (Å²) in [5, 5.41) is 21.6. The van der Waals surface area contributed by atoms with E-state index in [1.807, 2.05) is 0 Å². The average Bonchev–Trinajstić information content (AvgIpc) is 2.58. The van der Waals surface area contributed by atoms with Crippen LogP contribution in [0, 0.1) is 49.3 Å². The van der Waals surface area contributed by atoms with E-state index in [0.29, 0.717) is 0 Å². The van der Waals surface area contributed by atoms with Crippen molar-refractivity contribution in [1.82, 2.24) is 0 Å². The molecule has 0 atom stereocenters. The Labute approximate surface area is 164 Å². The van der Waals surface area contributed by atoms with Gasteiger partial charge in [-0.15, -0.1) is 0 Å². The Morgan fingerprint density at radius 2 is 0.643 bits per heavy atom. The quantitative estimate of drug-likeness (QED) is 0.395. The average molecular weight is 384 g/mol. The van der Waals surface area contributed by atoms with E-state index in [1.54, 1.807) is 0 Å². The van der Waals surface area contributed by atoms with Crippen LogP contribution in [0.5, 0.6) is 0 Å². The van der Waals surface area contributed by atoms with Gasteiger partial charge in [0.2, 0.25) is 24.3 Å². The summed E-state index contributed by atoms with van der Waals surface area (Å²) in [7, 11) is 0. The fourth-order valence-corrected chi connectivity index (χ4v) is 1.61. The maximum Gasteiger partial charge on any atom is 0.231 e. The zero-order valence-corrected chi connectivity index (χ0v) is 16.3. The monoisotopic (exact) mass is 384 g/mol. The molecule has 4 N–H and O–H groups in total. The van der Waals surface area contributed by atoms with E-state index in [9.17, 15) is 0 Å². The fourth-order valence-electron chi connectivity index (χ4n) is 1.61. The van der Waals surface area contributed by atoms with Gasteiger partial charge < -0.3 is 0 Å². The summed E-state index contributed by atoms with van der Waals surface area (Å²) in [5.74, 6) is 0. The van der Waals surface area contributed by atoms with Crippen LogP contribution < -0.4 is 0 Å². The molecule has 0 aliphatic rings. The molecule has 8 heteroatoms.